The first-order valence-corrected chi connectivity index (χ1v) is 8.77. The topological polar surface area (TPSA) is 63.0 Å². The Hall–Kier alpha value is -1.82. The van der Waals surface area contributed by atoms with Crippen LogP contribution in [0.2, 0.25) is 0 Å². The summed E-state index contributed by atoms with van der Waals surface area (Å²) in [6.45, 7) is 6.02. The molecule has 1 aliphatic rings. The molecule has 0 aliphatic carbocycles. The number of rotatable bonds is 9. The molecule has 6 heteroatoms. The van der Waals surface area contributed by atoms with Crippen molar-refractivity contribution in [2.24, 2.45) is 0 Å². The molecule has 0 radical (unpaired) electrons. The van der Waals surface area contributed by atoms with Crippen molar-refractivity contribution in [3.05, 3.63) is 24.2 Å². The highest BCUT2D eigenvalue weighted by molar-refractivity contribution is 5.83. The minimum atomic E-state index is -0.0631. The lowest BCUT2D eigenvalue weighted by atomic mass is 10.2. The van der Waals surface area contributed by atoms with Crippen LogP contribution in [-0.4, -0.2) is 54.0 Å². The third kappa shape index (κ3) is 5.67. The summed E-state index contributed by atoms with van der Waals surface area (Å²) in [7, 11) is 0. The van der Waals surface area contributed by atoms with Crippen molar-refractivity contribution in [2.75, 3.05) is 26.2 Å². The van der Waals surface area contributed by atoms with Crippen LogP contribution in [0.4, 0.5) is 0 Å². The molecule has 2 heterocycles. The van der Waals surface area contributed by atoms with Crippen LogP contribution >= 0.6 is 0 Å². The molecule has 1 unspecified atom stereocenters. The highest BCUT2D eigenvalue weighted by atomic mass is 16.5. The first-order chi connectivity index (χ1) is 11.6. The van der Waals surface area contributed by atoms with E-state index in [2.05, 4.69) is 6.92 Å². The zero-order valence-electron chi connectivity index (χ0n) is 14.7. The Balaban J connectivity index is 1.99. The first-order valence-electron chi connectivity index (χ1n) is 8.77. The van der Waals surface area contributed by atoms with Gasteiger partial charge in [-0.1, -0.05) is 13.3 Å². The van der Waals surface area contributed by atoms with Gasteiger partial charge < -0.3 is 19.0 Å². The van der Waals surface area contributed by atoms with Gasteiger partial charge in [0, 0.05) is 26.6 Å². The maximum absolute atomic E-state index is 12.8. The number of furan rings is 1. The number of amides is 2. The van der Waals surface area contributed by atoms with E-state index in [-0.39, 0.29) is 24.5 Å². The van der Waals surface area contributed by atoms with Crippen LogP contribution < -0.4 is 0 Å². The van der Waals surface area contributed by atoms with Crippen molar-refractivity contribution in [2.45, 2.75) is 52.2 Å². The normalized spacial score (nSPS) is 17.0. The zero-order chi connectivity index (χ0) is 17.4. The molecule has 2 amide bonds. The van der Waals surface area contributed by atoms with E-state index in [1.54, 1.807) is 16.1 Å². The van der Waals surface area contributed by atoms with Crippen molar-refractivity contribution in [3.63, 3.8) is 0 Å². The largest absolute Gasteiger partial charge is 0.467 e. The fourth-order valence-electron chi connectivity index (χ4n) is 2.84. The Bertz CT molecular complexity index is 509. The van der Waals surface area contributed by atoms with Crippen LogP contribution in [0.1, 0.15) is 45.3 Å². The number of nitrogens with zero attached hydrogens (tertiary/aromatic N) is 2. The van der Waals surface area contributed by atoms with Gasteiger partial charge in [0.2, 0.25) is 11.8 Å². The van der Waals surface area contributed by atoms with Gasteiger partial charge in [-0.25, -0.2) is 0 Å². The van der Waals surface area contributed by atoms with Gasteiger partial charge >= 0.3 is 0 Å². The molecule has 1 aliphatic heterocycles. The summed E-state index contributed by atoms with van der Waals surface area (Å²) in [4.78, 5) is 27.9. The van der Waals surface area contributed by atoms with Crippen LogP contribution in [0.25, 0.3) is 0 Å². The number of unbranched alkanes of at least 4 members (excludes halogenated alkanes) is 1. The average Bonchev–Trinajstić information content (AvgIpc) is 3.24. The highest BCUT2D eigenvalue weighted by Crippen LogP contribution is 2.16. The predicted octanol–water partition coefficient (Wildman–Crippen LogP) is 2.44. The molecule has 2 rings (SSSR count). The molecule has 134 valence electrons. The third-order valence-corrected chi connectivity index (χ3v) is 4.28. The van der Waals surface area contributed by atoms with Gasteiger partial charge in [0.1, 0.15) is 5.76 Å². The minimum Gasteiger partial charge on any atom is -0.467 e. The SMILES string of the molecule is CCCCN(CC(=O)N(Cc1ccco1)CC1CCCO1)C(C)=O. The van der Waals surface area contributed by atoms with Gasteiger partial charge in [0.05, 0.1) is 25.5 Å². The fourth-order valence-corrected chi connectivity index (χ4v) is 2.84. The predicted molar refractivity (Wildman–Crippen MR) is 90.3 cm³/mol. The molecule has 0 bridgehead atoms. The van der Waals surface area contributed by atoms with Gasteiger partial charge in [0.15, 0.2) is 0 Å². The lowest BCUT2D eigenvalue weighted by Gasteiger charge is -2.28. The molecule has 1 atom stereocenters. The summed E-state index contributed by atoms with van der Waals surface area (Å²) in [6, 6.07) is 3.67. The van der Waals surface area contributed by atoms with E-state index in [0.29, 0.717) is 19.6 Å². The molecule has 0 saturated carbocycles. The molecule has 0 N–H and O–H groups in total. The number of hydrogen-bond acceptors (Lipinski definition) is 4. The molecular formula is C18H28N2O4. The fraction of sp³-hybridized carbons (Fsp3) is 0.667. The lowest BCUT2D eigenvalue weighted by molar-refractivity contribution is -0.141. The summed E-state index contributed by atoms with van der Waals surface area (Å²) < 4.78 is 11.0. The zero-order valence-corrected chi connectivity index (χ0v) is 14.7. The summed E-state index contributed by atoms with van der Waals surface area (Å²) >= 11 is 0. The molecule has 1 saturated heterocycles. The molecular weight excluding hydrogens is 308 g/mol. The number of hydrogen-bond donors (Lipinski definition) is 0. The van der Waals surface area contributed by atoms with E-state index >= 15 is 0 Å². The molecule has 1 fully saturated rings. The molecule has 1 aromatic rings. The lowest BCUT2D eigenvalue weighted by Crippen LogP contribution is -2.44. The number of carbonyl (C=O) groups excluding carboxylic acids is 2. The maximum Gasteiger partial charge on any atom is 0.242 e. The summed E-state index contributed by atoms with van der Waals surface area (Å²) in [5.74, 6) is 0.615. The Morgan fingerprint density at radius 1 is 1.33 bits per heavy atom. The molecule has 0 spiro atoms. The summed E-state index contributed by atoms with van der Waals surface area (Å²) in [6.07, 6.45) is 5.57. The molecule has 24 heavy (non-hydrogen) atoms. The average molecular weight is 336 g/mol. The Labute approximate surface area is 143 Å². The Morgan fingerprint density at radius 2 is 2.17 bits per heavy atom. The quantitative estimate of drug-likeness (QED) is 0.695. The molecule has 6 nitrogen and oxygen atoms in total. The van der Waals surface area contributed by atoms with E-state index in [4.69, 9.17) is 9.15 Å². The van der Waals surface area contributed by atoms with Crippen LogP contribution in [0.5, 0.6) is 0 Å². The van der Waals surface area contributed by atoms with E-state index in [0.717, 1.165) is 38.1 Å². The van der Waals surface area contributed by atoms with E-state index in [9.17, 15) is 9.59 Å². The van der Waals surface area contributed by atoms with Crippen molar-refractivity contribution in [1.29, 1.82) is 0 Å². The van der Waals surface area contributed by atoms with Gasteiger partial charge in [-0.05, 0) is 31.4 Å². The standard InChI is InChI=1S/C18H28N2O4/c1-3-4-9-19(15(2)21)14-18(22)20(12-16-7-5-10-23-16)13-17-8-6-11-24-17/h5,7,10,17H,3-4,6,8-9,11-14H2,1-2H3. The van der Waals surface area contributed by atoms with Crippen molar-refractivity contribution < 1.29 is 18.7 Å². The van der Waals surface area contributed by atoms with Gasteiger partial charge in [-0.2, -0.15) is 0 Å². The van der Waals surface area contributed by atoms with E-state index in [1.165, 1.54) is 6.92 Å². The summed E-state index contributed by atoms with van der Waals surface area (Å²) in [5, 5.41) is 0. The second-order valence-corrected chi connectivity index (χ2v) is 6.28. The monoisotopic (exact) mass is 336 g/mol. The van der Waals surface area contributed by atoms with Gasteiger partial charge in [0.25, 0.3) is 0 Å². The smallest absolute Gasteiger partial charge is 0.242 e. The van der Waals surface area contributed by atoms with Crippen molar-refractivity contribution in [1.82, 2.24) is 9.80 Å². The Morgan fingerprint density at radius 3 is 2.75 bits per heavy atom. The van der Waals surface area contributed by atoms with Crippen LogP contribution in [0.15, 0.2) is 22.8 Å². The maximum atomic E-state index is 12.8. The second kappa shape index (κ2) is 9.47. The Kier molecular flexibility index (Phi) is 7.31. The van der Waals surface area contributed by atoms with Crippen LogP contribution in [0.3, 0.4) is 0 Å². The number of ether oxygens (including phenoxy) is 1. The third-order valence-electron chi connectivity index (χ3n) is 4.28. The van der Waals surface area contributed by atoms with E-state index in [1.807, 2.05) is 12.1 Å². The van der Waals surface area contributed by atoms with E-state index < -0.39 is 0 Å². The van der Waals surface area contributed by atoms with Crippen molar-refractivity contribution in [3.8, 4) is 0 Å². The van der Waals surface area contributed by atoms with Crippen LogP contribution in [0, 0.1) is 0 Å². The van der Waals surface area contributed by atoms with Gasteiger partial charge in [-0.15, -0.1) is 0 Å². The molecule has 1 aromatic heterocycles. The highest BCUT2D eigenvalue weighted by Gasteiger charge is 2.25. The second-order valence-electron chi connectivity index (χ2n) is 6.28. The summed E-state index contributed by atoms with van der Waals surface area (Å²) in [5.41, 5.74) is 0. The van der Waals surface area contributed by atoms with Crippen molar-refractivity contribution >= 4 is 11.8 Å². The minimum absolute atomic E-state index is 0.0618. The first kappa shape index (κ1) is 18.5. The number of carbonyl (C=O) groups is 2. The molecule has 0 aromatic carbocycles. The van der Waals surface area contributed by atoms with Gasteiger partial charge in [-0.3, -0.25) is 9.59 Å². The van der Waals surface area contributed by atoms with Crippen LogP contribution in [-0.2, 0) is 20.9 Å².